The molecular weight excluding hydrogens is 364 g/mol. The van der Waals surface area contributed by atoms with E-state index in [1.165, 1.54) is 25.7 Å². The van der Waals surface area contributed by atoms with Crippen LogP contribution >= 0.6 is 0 Å². The van der Waals surface area contributed by atoms with Gasteiger partial charge in [0.05, 0.1) is 6.42 Å². The van der Waals surface area contributed by atoms with E-state index in [0.29, 0.717) is 47.6 Å². The summed E-state index contributed by atoms with van der Waals surface area (Å²) >= 11 is 0. The van der Waals surface area contributed by atoms with Crippen molar-refractivity contribution in [1.82, 2.24) is 10.4 Å². The fourth-order valence-electron chi connectivity index (χ4n) is 5.78. The minimum atomic E-state index is -0.913. The van der Waals surface area contributed by atoms with Crippen LogP contribution in [0.5, 0.6) is 0 Å². The molecule has 2 N–H and O–H groups in total. The Kier molecular flexibility index (Phi) is 8.99. The Hall–Kier alpha value is -1.10. The maximum absolute atomic E-state index is 12.7. The molecule has 168 valence electrons. The minimum Gasteiger partial charge on any atom is -0.481 e. The predicted molar refractivity (Wildman–Crippen MR) is 117 cm³/mol. The number of carboxylic acid groups (broad SMARTS) is 1. The Morgan fingerprint density at radius 3 is 1.69 bits per heavy atom. The first-order valence-corrected chi connectivity index (χ1v) is 11.9. The van der Waals surface area contributed by atoms with Gasteiger partial charge in [-0.15, -0.1) is 0 Å². The summed E-state index contributed by atoms with van der Waals surface area (Å²) in [5.41, 5.74) is 3.25. The zero-order chi connectivity index (χ0) is 21.7. The van der Waals surface area contributed by atoms with Crippen LogP contribution in [-0.4, -0.2) is 34.1 Å². The molecule has 0 bridgehead atoms. The smallest absolute Gasteiger partial charge is 0.303 e. The molecule has 6 unspecified atom stereocenters. The molecular formula is C24H44N2O3. The minimum absolute atomic E-state index is 0.0507. The number of rotatable bonds is 8. The van der Waals surface area contributed by atoms with E-state index in [-0.39, 0.29) is 18.7 Å². The Morgan fingerprint density at radius 2 is 1.31 bits per heavy atom. The van der Waals surface area contributed by atoms with Crippen molar-refractivity contribution in [3.8, 4) is 0 Å². The Labute approximate surface area is 178 Å². The van der Waals surface area contributed by atoms with Gasteiger partial charge in [0, 0.05) is 18.5 Å². The van der Waals surface area contributed by atoms with Gasteiger partial charge in [0.2, 0.25) is 5.91 Å². The highest BCUT2D eigenvalue weighted by atomic mass is 16.4. The number of nitrogens with zero attached hydrogens (tertiary/aromatic N) is 1. The zero-order valence-electron chi connectivity index (χ0n) is 19.5. The molecule has 2 aliphatic carbocycles. The largest absolute Gasteiger partial charge is 0.481 e. The molecule has 0 heterocycles. The first kappa shape index (κ1) is 24.2. The number of hydrogen-bond donors (Lipinski definition) is 2. The molecule has 2 saturated carbocycles. The first-order valence-electron chi connectivity index (χ1n) is 11.9. The van der Waals surface area contributed by atoms with Crippen molar-refractivity contribution in [2.45, 2.75) is 105 Å². The molecule has 1 amide bonds. The quantitative estimate of drug-likeness (QED) is 0.548. The van der Waals surface area contributed by atoms with E-state index in [9.17, 15) is 9.59 Å². The van der Waals surface area contributed by atoms with Crippen molar-refractivity contribution in [3.63, 3.8) is 0 Å². The molecule has 2 aliphatic rings. The maximum atomic E-state index is 12.7. The average molecular weight is 409 g/mol. The summed E-state index contributed by atoms with van der Waals surface area (Å²) in [6, 6.07) is 0.674. The third kappa shape index (κ3) is 6.70. The summed E-state index contributed by atoms with van der Waals surface area (Å²) in [7, 11) is 0. The van der Waals surface area contributed by atoms with E-state index in [1.54, 1.807) is 0 Å². The Morgan fingerprint density at radius 1 is 0.862 bits per heavy atom. The predicted octanol–water partition coefficient (Wildman–Crippen LogP) is 5.11. The summed E-state index contributed by atoms with van der Waals surface area (Å²) < 4.78 is 0. The lowest BCUT2D eigenvalue weighted by Gasteiger charge is -2.51. The lowest BCUT2D eigenvalue weighted by atomic mass is 9.70. The molecule has 5 heteroatoms. The van der Waals surface area contributed by atoms with Gasteiger partial charge in [-0.2, -0.15) is 0 Å². The maximum Gasteiger partial charge on any atom is 0.303 e. The van der Waals surface area contributed by atoms with E-state index in [1.807, 2.05) is 0 Å². The molecule has 0 spiro atoms. The highest BCUT2D eigenvalue weighted by Gasteiger charge is 2.43. The molecule has 6 atom stereocenters. The van der Waals surface area contributed by atoms with Crippen molar-refractivity contribution in [2.24, 2.45) is 35.5 Å². The SMILES string of the molecule is CC1CCC(C(C)C)C(N(NC(=O)CCC(=O)O)C2CC(C)CCC2C(C)C)C1. The lowest BCUT2D eigenvalue weighted by Crippen LogP contribution is -2.61. The van der Waals surface area contributed by atoms with Gasteiger partial charge < -0.3 is 5.11 Å². The second-order valence-corrected chi connectivity index (χ2v) is 10.6. The van der Waals surface area contributed by atoms with Gasteiger partial charge in [-0.05, 0) is 61.2 Å². The molecule has 0 aromatic carbocycles. The number of nitrogens with one attached hydrogen (secondary N) is 1. The van der Waals surface area contributed by atoms with Crippen LogP contribution in [0.2, 0.25) is 0 Å². The van der Waals surface area contributed by atoms with Crippen molar-refractivity contribution in [2.75, 3.05) is 0 Å². The second kappa shape index (κ2) is 10.8. The number of carboxylic acids is 1. The van der Waals surface area contributed by atoms with Gasteiger partial charge in [0.15, 0.2) is 0 Å². The summed E-state index contributed by atoms with van der Waals surface area (Å²) in [5.74, 6) is 2.54. The third-order valence-corrected chi connectivity index (χ3v) is 7.51. The Balaban J connectivity index is 2.32. The van der Waals surface area contributed by atoms with Crippen molar-refractivity contribution in [1.29, 1.82) is 0 Å². The van der Waals surface area contributed by atoms with E-state index < -0.39 is 5.97 Å². The number of carbonyl (C=O) groups excluding carboxylic acids is 1. The number of carbonyl (C=O) groups is 2. The van der Waals surface area contributed by atoms with Crippen molar-refractivity contribution < 1.29 is 14.7 Å². The van der Waals surface area contributed by atoms with Crippen LogP contribution in [0.4, 0.5) is 0 Å². The lowest BCUT2D eigenvalue weighted by molar-refractivity contribution is -0.141. The molecule has 2 fully saturated rings. The highest BCUT2D eigenvalue weighted by Crippen LogP contribution is 2.42. The van der Waals surface area contributed by atoms with Crippen LogP contribution in [0.25, 0.3) is 0 Å². The van der Waals surface area contributed by atoms with Crippen LogP contribution < -0.4 is 5.43 Å². The molecule has 29 heavy (non-hydrogen) atoms. The topological polar surface area (TPSA) is 69.6 Å². The monoisotopic (exact) mass is 408 g/mol. The fraction of sp³-hybridized carbons (Fsp3) is 0.917. The molecule has 0 aromatic rings. The van der Waals surface area contributed by atoms with Crippen molar-refractivity contribution in [3.05, 3.63) is 0 Å². The van der Waals surface area contributed by atoms with Gasteiger partial charge >= 0.3 is 5.97 Å². The summed E-state index contributed by atoms with van der Waals surface area (Å²) in [6.07, 6.45) is 7.09. The molecule has 0 saturated heterocycles. The molecule has 5 nitrogen and oxygen atoms in total. The van der Waals surface area contributed by atoms with Gasteiger partial charge in [-0.25, -0.2) is 5.01 Å². The number of amides is 1. The first-order chi connectivity index (χ1) is 13.6. The number of aliphatic carboxylic acids is 1. The van der Waals surface area contributed by atoms with Gasteiger partial charge in [-0.1, -0.05) is 54.4 Å². The fourth-order valence-corrected chi connectivity index (χ4v) is 5.78. The number of hydrazine groups is 1. The van der Waals surface area contributed by atoms with Crippen LogP contribution in [0, 0.1) is 35.5 Å². The summed E-state index contributed by atoms with van der Waals surface area (Å²) in [6.45, 7) is 13.9. The second-order valence-electron chi connectivity index (χ2n) is 10.6. The zero-order valence-corrected chi connectivity index (χ0v) is 19.5. The van der Waals surface area contributed by atoms with Crippen LogP contribution in [0.1, 0.15) is 92.9 Å². The normalized spacial score (nSPS) is 33.3. The molecule has 0 aliphatic heterocycles. The van der Waals surface area contributed by atoms with Crippen LogP contribution in [-0.2, 0) is 9.59 Å². The van der Waals surface area contributed by atoms with E-state index >= 15 is 0 Å². The summed E-state index contributed by atoms with van der Waals surface area (Å²) in [5, 5.41) is 11.3. The summed E-state index contributed by atoms with van der Waals surface area (Å²) in [4.78, 5) is 23.7. The van der Waals surface area contributed by atoms with Crippen molar-refractivity contribution >= 4 is 11.9 Å². The molecule has 0 radical (unpaired) electrons. The highest BCUT2D eigenvalue weighted by molar-refractivity contribution is 5.80. The molecule has 2 rings (SSSR count). The van der Waals surface area contributed by atoms with E-state index in [2.05, 4.69) is 52.0 Å². The molecule has 0 aromatic heterocycles. The standard InChI is InChI=1S/C24H44N2O3/c1-15(2)19-9-7-17(5)13-21(19)26(25-23(27)11-12-24(28)29)22-14-18(6)8-10-20(22)16(3)4/h15-22H,7-14H2,1-6H3,(H,25,27)(H,28,29). The Bertz CT molecular complexity index is 516. The van der Waals surface area contributed by atoms with E-state index in [4.69, 9.17) is 5.11 Å². The van der Waals surface area contributed by atoms with Crippen LogP contribution in [0.3, 0.4) is 0 Å². The van der Waals surface area contributed by atoms with Gasteiger partial charge in [0.1, 0.15) is 0 Å². The van der Waals surface area contributed by atoms with E-state index in [0.717, 1.165) is 12.8 Å². The van der Waals surface area contributed by atoms with Gasteiger partial charge in [-0.3, -0.25) is 15.0 Å². The third-order valence-electron chi connectivity index (χ3n) is 7.51. The average Bonchev–Trinajstić information content (AvgIpc) is 2.63. The van der Waals surface area contributed by atoms with Crippen LogP contribution in [0.15, 0.2) is 0 Å². The number of hydrogen-bond acceptors (Lipinski definition) is 3. The van der Waals surface area contributed by atoms with Gasteiger partial charge in [0.25, 0.3) is 0 Å².